The molecule has 0 radical (unpaired) electrons. The smallest absolute Gasteiger partial charge is 0.408 e. The Morgan fingerprint density at radius 1 is 0.812 bits per heavy atom. The molecule has 5 N–H and O–H groups in total. The maximum Gasteiger partial charge on any atom is 0.408 e. The molecular weight excluding hydrogens is 614 g/mol. The van der Waals surface area contributed by atoms with Gasteiger partial charge in [0.15, 0.2) is 5.54 Å². The van der Waals surface area contributed by atoms with E-state index < -0.39 is 41.9 Å². The second-order valence-corrected chi connectivity index (χ2v) is 11.5. The lowest BCUT2D eigenvalue weighted by Crippen LogP contribution is -2.63. The number of hydrogen-bond acceptors (Lipinski definition) is 6. The number of aromatic nitrogens is 1. The number of nitrogens with one attached hydrogen (secondary N) is 2. The second-order valence-electron chi connectivity index (χ2n) is 11.5. The number of carboxylic acids is 2. The molecule has 4 aromatic carbocycles. The fourth-order valence-corrected chi connectivity index (χ4v) is 5.76. The Bertz CT molecular complexity index is 1880. The van der Waals surface area contributed by atoms with Crippen LogP contribution < -0.4 is 5.32 Å². The third-order valence-corrected chi connectivity index (χ3v) is 8.13. The molecule has 1 heterocycles. The number of carbonyl (C=O) groups excluding carboxylic acids is 2. The summed E-state index contributed by atoms with van der Waals surface area (Å²) in [7, 11) is 0. The minimum Gasteiger partial charge on any atom is -0.508 e. The number of H-pyrrole nitrogens is 1. The summed E-state index contributed by atoms with van der Waals surface area (Å²) in [4.78, 5) is 57.9. The Labute approximate surface area is 276 Å². The van der Waals surface area contributed by atoms with Gasteiger partial charge in [0.1, 0.15) is 18.4 Å². The first-order chi connectivity index (χ1) is 23.1. The van der Waals surface area contributed by atoms with Crippen molar-refractivity contribution in [1.29, 1.82) is 0 Å². The number of amides is 2. The number of phenols is 1. The molecule has 11 nitrogen and oxygen atoms in total. The number of carboxylic acid groups (broad SMARTS) is 2. The van der Waals surface area contributed by atoms with Gasteiger partial charge in [-0.05, 0) is 40.5 Å². The van der Waals surface area contributed by atoms with Crippen molar-refractivity contribution >= 4 is 34.8 Å². The maximum absolute atomic E-state index is 14.8. The first-order valence-corrected chi connectivity index (χ1v) is 15.3. The van der Waals surface area contributed by atoms with E-state index in [-0.39, 0.29) is 31.7 Å². The van der Waals surface area contributed by atoms with E-state index in [1.165, 1.54) is 12.1 Å². The molecule has 2 atom stereocenters. The predicted molar refractivity (Wildman–Crippen MR) is 177 cm³/mol. The van der Waals surface area contributed by atoms with Crippen LogP contribution in [0.2, 0.25) is 0 Å². The average molecular weight is 650 g/mol. The van der Waals surface area contributed by atoms with E-state index in [1.807, 2.05) is 6.07 Å². The Morgan fingerprint density at radius 3 is 2.02 bits per heavy atom. The van der Waals surface area contributed by atoms with Crippen molar-refractivity contribution in [2.75, 3.05) is 0 Å². The number of aromatic hydroxyl groups is 1. The zero-order valence-corrected chi connectivity index (χ0v) is 25.9. The van der Waals surface area contributed by atoms with Crippen LogP contribution in [0.5, 0.6) is 5.75 Å². The van der Waals surface area contributed by atoms with Gasteiger partial charge in [0, 0.05) is 36.5 Å². The van der Waals surface area contributed by atoms with Crippen LogP contribution in [0.15, 0.2) is 115 Å². The molecule has 5 rings (SSSR count). The normalized spacial score (nSPS) is 12.8. The summed E-state index contributed by atoms with van der Waals surface area (Å²) in [5.41, 5.74) is 0.721. The van der Waals surface area contributed by atoms with Crippen molar-refractivity contribution in [1.82, 2.24) is 15.2 Å². The molecule has 0 bridgehead atoms. The Balaban J connectivity index is 1.59. The van der Waals surface area contributed by atoms with Crippen molar-refractivity contribution in [2.24, 2.45) is 0 Å². The standard InChI is InChI=1S/C37H35N3O8/c41-29-16-17-31-30(19-29)28(22-38-31)18-32(39-36(47)48-24-27-14-8-3-9-15-27)34(44)40(23-26-12-6-2-7-13-26)37(35(45)46,21-33(42)43)20-25-10-4-1-5-11-25/h1-17,19,22,32,38,41H,18,20-21,23-24H2,(H,39,47)(H,42,43)(H,45,46)/t32-,37-/m0/s1. The van der Waals surface area contributed by atoms with Gasteiger partial charge in [0.25, 0.3) is 0 Å². The maximum atomic E-state index is 14.8. The molecule has 2 amide bonds. The molecule has 48 heavy (non-hydrogen) atoms. The van der Waals surface area contributed by atoms with Gasteiger partial charge in [-0.15, -0.1) is 0 Å². The molecule has 0 unspecified atom stereocenters. The van der Waals surface area contributed by atoms with E-state index in [4.69, 9.17) is 4.74 Å². The summed E-state index contributed by atoms with van der Waals surface area (Å²) in [6.45, 7) is -0.355. The van der Waals surface area contributed by atoms with E-state index in [1.54, 1.807) is 97.2 Å². The zero-order valence-electron chi connectivity index (χ0n) is 25.9. The number of aromatic amines is 1. The number of fused-ring (bicyclic) bond motifs is 1. The van der Waals surface area contributed by atoms with Crippen molar-refractivity contribution in [3.05, 3.63) is 138 Å². The van der Waals surface area contributed by atoms with Gasteiger partial charge in [0.2, 0.25) is 5.91 Å². The molecule has 0 aliphatic rings. The number of hydrogen-bond donors (Lipinski definition) is 5. The lowest BCUT2D eigenvalue weighted by atomic mass is 9.84. The van der Waals surface area contributed by atoms with E-state index in [0.717, 1.165) is 4.90 Å². The van der Waals surface area contributed by atoms with E-state index in [0.29, 0.717) is 33.2 Å². The molecule has 246 valence electrons. The number of carbonyl (C=O) groups is 4. The molecule has 0 fully saturated rings. The molecular formula is C37H35N3O8. The minimum atomic E-state index is -2.26. The summed E-state index contributed by atoms with van der Waals surface area (Å²) >= 11 is 0. The fourth-order valence-electron chi connectivity index (χ4n) is 5.76. The van der Waals surface area contributed by atoms with Crippen LogP contribution in [0.1, 0.15) is 28.7 Å². The number of aliphatic carboxylic acids is 2. The van der Waals surface area contributed by atoms with Crippen molar-refractivity contribution < 1.29 is 39.2 Å². The highest BCUT2D eigenvalue weighted by atomic mass is 16.5. The molecule has 1 aromatic heterocycles. The van der Waals surface area contributed by atoms with Crippen molar-refractivity contribution in [2.45, 2.75) is 44.0 Å². The van der Waals surface area contributed by atoms with Crippen molar-refractivity contribution in [3.63, 3.8) is 0 Å². The van der Waals surface area contributed by atoms with Gasteiger partial charge in [-0.1, -0.05) is 91.0 Å². The lowest BCUT2D eigenvalue weighted by Gasteiger charge is -2.42. The van der Waals surface area contributed by atoms with Crippen LogP contribution >= 0.6 is 0 Å². The van der Waals surface area contributed by atoms with Crippen LogP contribution in [0.3, 0.4) is 0 Å². The van der Waals surface area contributed by atoms with Gasteiger partial charge in [-0.3, -0.25) is 9.59 Å². The van der Waals surface area contributed by atoms with Gasteiger partial charge >= 0.3 is 18.0 Å². The number of rotatable bonds is 14. The Kier molecular flexibility index (Phi) is 10.4. The predicted octanol–water partition coefficient (Wildman–Crippen LogP) is 5.28. The van der Waals surface area contributed by atoms with E-state index in [2.05, 4.69) is 10.3 Å². The highest BCUT2D eigenvalue weighted by Crippen LogP contribution is 2.31. The number of alkyl carbamates (subject to hydrolysis) is 1. The summed E-state index contributed by atoms with van der Waals surface area (Å²) in [5, 5.41) is 34.3. The molecule has 0 aliphatic carbocycles. The molecule has 0 saturated carbocycles. The third-order valence-electron chi connectivity index (χ3n) is 8.13. The number of nitrogens with zero attached hydrogens (tertiary/aromatic N) is 1. The van der Waals surface area contributed by atoms with E-state index >= 15 is 0 Å². The topological polar surface area (TPSA) is 169 Å². The molecule has 0 saturated heterocycles. The third kappa shape index (κ3) is 8.00. The SMILES string of the molecule is O=C(O)C[C@@](Cc1ccccc1)(C(=O)O)N(Cc1ccccc1)C(=O)[C@H](Cc1c[nH]c2ccc(O)cc12)NC(=O)OCc1ccccc1. The number of ether oxygens (including phenoxy) is 1. The van der Waals surface area contributed by atoms with Crippen LogP contribution in [0.25, 0.3) is 10.9 Å². The molecule has 0 aliphatic heterocycles. The van der Waals surface area contributed by atoms with Crippen molar-refractivity contribution in [3.8, 4) is 5.75 Å². The van der Waals surface area contributed by atoms with Crippen LogP contribution in [-0.4, -0.2) is 60.7 Å². The zero-order chi connectivity index (χ0) is 34.1. The van der Waals surface area contributed by atoms with Crippen LogP contribution in [-0.2, 0) is 45.1 Å². The summed E-state index contributed by atoms with van der Waals surface area (Å²) < 4.78 is 5.45. The Hall–Kier alpha value is -6.10. The highest BCUT2D eigenvalue weighted by molar-refractivity contribution is 5.95. The van der Waals surface area contributed by atoms with E-state index in [9.17, 15) is 34.5 Å². The highest BCUT2D eigenvalue weighted by Gasteiger charge is 2.50. The summed E-state index contributed by atoms with van der Waals surface area (Å²) in [6.07, 6.45) is -0.666. The first kappa shape index (κ1) is 33.3. The largest absolute Gasteiger partial charge is 0.508 e. The summed E-state index contributed by atoms with van der Waals surface area (Å²) in [5.74, 6) is -3.77. The fraction of sp³-hybridized carbons (Fsp3) is 0.189. The molecule has 11 heteroatoms. The molecule has 5 aromatic rings. The van der Waals surface area contributed by atoms with Crippen LogP contribution in [0.4, 0.5) is 4.79 Å². The van der Waals surface area contributed by atoms with Gasteiger partial charge < -0.3 is 35.3 Å². The van der Waals surface area contributed by atoms with Gasteiger partial charge in [-0.2, -0.15) is 0 Å². The monoisotopic (exact) mass is 649 g/mol. The average Bonchev–Trinajstić information content (AvgIpc) is 3.47. The second kappa shape index (κ2) is 15.0. The summed E-state index contributed by atoms with van der Waals surface area (Å²) in [6, 6.07) is 29.3. The number of phenolic OH excluding ortho intramolecular Hbond substituents is 1. The quantitative estimate of drug-likeness (QED) is 0.108. The van der Waals surface area contributed by atoms with Crippen LogP contribution in [0, 0.1) is 0 Å². The lowest BCUT2D eigenvalue weighted by molar-refractivity contribution is -0.166. The minimum absolute atomic E-state index is 0.0126. The van der Waals surface area contributed by atoms with Gasteiger partial charge in [0.05, 0.1) is 6.42 Å². The Morgan fingerprint density at radius 2 is 1.42 bits per heavy atom. The first-order valence-electron chi connectivity index (χ1n) is 15.3. The number of benzene rings is 4. The van der Waals surface area contributed by atoms with Gasteiger partial charge in [-0.25, -0.2) is 9.59 Å². The molecule has 0 spiro atoms.